The Bertz CT molecular complexity index is 291. The van der Waals surface area contributed by atoms with Gasteiger partial charge in [-0.2, -0.15) is 0 Å². The Morgan fingerprint density at radius 1 is 1.38 bits per heavy atom. The zero-order valence-electron chi connectivity index (χ0n) is 11.0. The largest absolute Gasteiger partial charge is 0.335 e. The highest BCUT2D eigenvalue weighted by Crippen LogP contribution is 2.10. The van der Waals surface area contributed by atoms with Crippen LogP contribution >= 0.6 is 0 Å². The number of likely N-dealkylation sites (N-methyl/N-ethyl adjacent to an activating group) is 1. The summed E-state index contributed by atoms with van der Waals surface area (Å²) in [6.07, 6.45) is 7.49. The minimum atomic E-state index is 0.551. The van der Waals surface area contributed by atoms with Gasteiger partial charge in [-0.3, -0.25) is 0 Å². The van der Waals surface area contributed by atoms with Crippen LogP contribution < -0.4 is 5.32 Å². The van der Waals surface area contributed by atoms with Crippen LogP contribution in [-0.2, 0) is 13.0 Å². The average molecular weight is 223 g/mol. The van der Waals surface area contributed by atoms with Gasteiger partial charge < -0.3 is 9.88 Å². The van der Waals surface area contributed by atoms with Crippen LogP contribution in [-0.4, -0.2) is 22.6 Å². The first-order valence-electron chi connectivity index (χ1n) is 6.34. The summed E-state index contributed by atoms with van der Waals surface area (Å²) < 4.78 is 2.22. The third kappa shape index (κ3) is 3.97. The topological polar surface area (TPSA) is 29.9 Å². The predicted molar refractivity (Wildman–Crippen MR) is 68.5 cm³/mol. The smallest absolute Gasteiger partial charge is 0.110 e. The normalized spacial score (nSPS) is 13.3. The Labute approximate surface area is 99.3 Å². The molecule has 1 N–H and O–H groups in total. The van der Waals surface area contributed by atoms with E-state index >= 15 is 0 Å². The van der Waals surface area contributed by atoms with E-state index in [9.17, 15) is 0 Å². The number of aromatic nitrogens is 2. The highest BCUT2D eigenvalue weighted by Gasteiger charge is 2.11. The van der Waals surface area contributed by atoms with Gasteiger partial charge in [0.2, 0.25) is 0 Å². The first kappa shape index (κ1) is 13.2. The molecular weight excluding hydrogens is 198 g/mol. The second-order valence-electron chi connectivity index (χ2n) is 4.79. The summed E-state index contributed by atoms with van der Waals surface area (Å²) in [7, 11) is 2.05. The minimum absolute atomic E-state index is 0.551. The predicted octanol–water partition coefficient (Wildman–Crippen LogP) is 2.47. The number of aryl methyl sites for hydroxylation is 1. The maximum Gasteiger partial charge on any atom is 0.110 e. The summed E-state index contributed by atoms with van der Waals surface area (Å²) in [6.45, 7) is 7.73. The molecule has 3 heteroatoms. The van der Waals surface area contributed by atoms with Gasteiger partial charge in [-0.25, -0.2) is 4.98 Å². The van der Waals surface area contributed by atoms with Gasteiger partial charge in [0.25, 0.3) is 0 Å². The fourth-order valence-electron chi connectivity index (χ4n) is 1.92. The van der Waals surface area contributed by atoms with Crippen molar-refractivity contribution >= 4 is 0 Å². The van der Waals surface area contributed by atoms with Crippen LogP contribution in [0.25, 0.3) is 0 Å². The van der Waals surface area contributed by atoms with Crippen LogP contribution in [0.1, 0.15) is 39.4 Å². The van der Waals surface area contributed by atoms with Gasteiger partial charge in [0.15, 0.2) is 0 Å². The van der Waals surface area contributed by atoms with Gasteiger partial charge in [-0.15, -0.1) is 0 Å². The molecule has 0 aliphatic rings. The van der Waals surface area contributed by atoms with Crippen molar-refractivity contribution in [1.29, 1.82) is 0 Å². The zero-order chi connectivity index (χ0) is 12.0. The number of nitrogens with one attached hydrogen (secondary N) is 1. The van der Waals surface area contributed by atoms with Crippen molar-refractivity contribution in [2.45, 2.75) is 52.6 Å². The Morgan fingerprint density at radius 3 is 2.69 bits per heavy atom. The van der Waals surface area contributed by atoms with Crippen LogP contribution in [0.3, 0.4) is 0 Å². The van der Waals surface area contributed by atoms with Crippen molar-refractivity contribution in [3.05, 3.63) is 18.2 Å². The number of nitrogens with zero attached hydrogens (tertiary/aromatic N) is 2. The summed E-state index contributed by atoms with van der Waals surface area (Å²) in [5.41, 5.74) is 0. The van der Waals surface area contributed by atoms with E-state index in [1.165, 1.54) is 18.7 Å². The maximum absolute atomic E-state index is 4.42. The molecule has 1 rings (SSSR count). The Balaban J connectivity index is 2.49. The first-order valence-corrected chi connectivity index (χ1v) is 6.34. The molecule has 0 bridgehead atoms. The lowest BCUT2D eigenvalue weighted by Gasteiger charge is -2.17. The minimum Gasteiger partial charge on any atom is -0.335 e. The molecule has 0 saturated carbocycles. The first-order chi connectivity index (χ1) is 7.67. The second kappa shape index (κ2) is 6.69. The fourth-order valence-corrected chi connectivity index (χ4v) is 1.92. The van der Waals surface area contributed by atoms with Gasteiger partial charge in [0.05, 0.1) is 0 Å². The molecule has 1 heterocycles. The zero-order valence-corrected chi connectivity index (χ0v) is 11.0. The molecule has 1 unspecified atom stereocenters. The van der Waals surface area contributed by atoms with Crippen LogP contribution in [0.15, 0.2) is 12.4 Å². The van der Waals surface area contributed by atoms with Crippen molar-refractivity contribution in [2.24, 2.45) is 5.92 Å². The van der Waals surface area contributed by atoms with E-state index in [0.29, 0.717) is 6.04 Å². The molecule has 3 nitrogen and oxygen atoms in total. The number of imidazole rings is 1. The second-order valence-corrected chi connectivity index (χ2v) is 4.79. The highest BCUT2D eigenvalue weighted by molar-refractivity contribution is 4.95. The van der Waals surface area contributed by atoms with E-state index in [1.807, 2.05) is 13.2 Å². The number of rotatable bonds is 7. The maximum atomic E-state index is 4.42. The van der Waals surface area contributed by atoms with E-state index in [4.69, 9.17) is 0 Å². The quantitative estimate of drug-likeness (QED) is 0.769. The summed E-state index contributed by atoms with van der Waals surface area (Å²) in [5, 5.41) is 3.39. The molecule has 0 radical (unpaired) electrons. The Kier molecular flexibility index (Phi) is 5.53. The molecule has 1 atom stereocenters. The summed E-state index contributed by atoms with van der Waals surface area (Å²) in [5.74, 6) is 1.98. The molecule has 16 heavy (non-hydrogen) atoms. The van der Waals surface area contributed by atoms with Crippen LogP contribution in [0.4, 0.5) is 0 Å². The molecule has 0 spiro atoms. The van der Waals surface area contributed by atoms with Crippen LogP contribution in [0.2, 0.25) is 0 Å². The van der Waals surface area contributed by atoms with E-state index in [1.54, 1.807) is 0 Å². The highest BCUT2D eigenvalue weighted by atomic mass is 15.1. The molecule has 0 amide bonds. The molecule has 1 aromatic heterocycles. The number of hydrogen-bond donors (Lipinski definition) is 1. The van der Waals surface area contributed by atoms with Gasteiger partial charge in [-0.05, 0) is 32.7 Å². The Morgan fingerprint density at radius 2 is 2.12 bits per heavy atom. The van der Waals surface area contributed by atoms with Gasteiger partial charge in [0.1, 0.15) is 5.82 Å². The van der Waals surface area contributed by atoms with E-state index in [-0.39, 0.29) is 0 Å². The van der Waals surface area contributed by atoms with Crippen LogP contribution in [0.5, 0.6) is 0 Å². The number of hydrogen-bond acceptors (Lipinski definition) is 2. The third-order valence-corrected chi connectivity index (χ3v) is 3.07. The standard InChI is InChI=1S/C13H25N3/c1-5-16-9-8-15-13(16)10-12(14-4)7-6-11(2)3/h8-9,11-12,14H,5-7,10H2,1-4H3. The van der Waals surface area contributed by atoms with Crippen molar-refractivity contribution in [3.8, 4) is 0 Å². The van der Waals surface area contributed by atoms with Crippen molar-refractivity contribution in [3.63, 3.8) is 0 Å². The SMILES string of the molecule is CCn1ccnc1CC(CCC(C)C)NC. The van der Waals surface area contributed by atoms with Gasteiger partial charge in [0, 0.05) is 31.4 Å². The van der Waals surface area contributed by atoms with Crippen LogP contribution in [0, 0.1) is 5.92 Å². The molecule has 0 aromatic carbocycles. The van der Waals surface area contributed by atoms with Crippen molar-refractivity contribution < 1.29 is 0 Å². The average Bonchev–Trinajstić information content (AvgIpc) is 2.70. The van der Waals surface area contributed by atoms with Gasteiger partial charge in [-0.1, -0.05) is 13.8 Å². The Hall–Kier alpha value is -0.830. The van der Waals surface area contributed by atoms with E-state index in [0.717, 1.165) is 18.9 Å². The molecule has 0 saturated heterocycles. The monoisotopic (exact) mass is 223 g/mol. The van der Waals surface area contributed by atoms with E-state index < -0.39 is 0 Å². The van der Waals surface area contributed by atoms with E-state index in [2.05, 4.69) is 41.8 Å². The lowest BCUT2D eigenvalue weighted by Crippen LogP contribution is -2.29. The lowest BCUT2D eigenvalue weighted by atomic mass is 10.0. The summed E-state index contributed by atoms with van der Waals surface area (Å²) in [4.78, 5) is 4.42. The van der Waals surface area contributed by atoms with Gasteiger partial charge >= 0.3 is 0 Å². The third-order valence-electron chi connectivity index (χ3n) is 3.07. The molecule has 1 aromatic rings. The molecular formula is C13H25N3. The fraction of sp³-hybridized carbons (Fsp3) is 0.769. The van der Waals surface area contributed by atoms with Crippen molar-refractivity contribution in [1.82, 2.24) is 14.9 Å². The van der Waals surface area contributed by atoms with Crippen molar-refractivity contribution in [2.75, 3.05) is 7.05 Å². The molecule has 0 aliphatic heterocycles. The summed E-state index contributed by atoms with van der Waals surface area (Å²) in [6, 6.07) is 0.551. The molecule has 0 aliphatic carbocycles. The molecule has 92 valence electrons. The lowest BCUT2D eigenvalue weighted by molar-refractivity contribution is 0.440. The molecule has 0 fully saturated rings. The summed E-state index contributed by atoms with van der Waals surface area (Å²) >= 11 is 0.